The smallest absolute Gasteiger partial charge is 0.349 e. The lowest BCUT2D eigenvalue weighted by atomic mass is 10.2. The number of hydrogen-bond acceptors (Lipinski definition) is 4. The van der Waals surface area contributed by atoms with Gasteiger partial charge in [-0.15, -0.1) is 0 Å². The number of hydrogen-bond donors (Lipinski definition) is 0. The minimum Gasteiger partial charge on any atom is -0.462 e. The van der Waals surface area contributed by atoms with Crippen molar-refractivity contribution in [1.82, 2.24) is 0 Å². The van der Waals surface area contributed by atoms with Crippen LogP contribution in [0.4, 0.5) is 0 Å². The summed E-state index contributed by atoms with van der Waals surface area (Å²) < 4.78 is 28.7. The van der Waals surface area contributed by atoms with Crippen molar-refractivity contribution in [3.8, 4) is 0 Å². The Balaban J connectivity index is 3.19. The van der Waals surface area contributed by atoms with E-state index in [2.05, 4.69) is 15.9 Å². The van der Waals surface area contributed by atoms with Crippen LogP contribution in [0.25, 0.3) is 6.08 Å². The summed E-state index contributed by atoms with van der Waals surface area (Å²) in [5.41, 5.74) is 0.617. The number of sulfone groups is 1. The molecule has 0 aliphatic rings. The van der Waals surface area contributed by atoms with Gasteiger partial charge in [0.1, 0.15) is 0 Å². The van der Waals surface area contributed by atoms with Crippen molar-refractivity contribution in [2.24, 2.45) is 0 Å². The third-order valence-electron chi connectivity index (χ3n) is 2.04. The molecule has 0 heterocycles. The van der Waals surface area contributed by atoms with Crippen LogP contribution in [0, 0.1) is 0 Å². The van der Waals surface area contributed by atoms with Gasteiger partial charge in [-0.2, -0.15) is 0 Å². The largest absolute Gasteiger partial charge is 0.462 e. The molecule has 4 nitrogen and oxygen atoms in total. The lowest BCUT2D eigenvalue weighted by Gasteiger charge is -2.05. The normalized spacial score (nSPS) is 12.3. The van der Waals surface area contributed by atoms with Crippen LogP contribution >= 0.6 is 15.9 Å². The molecule has 1 rings (SSSR count). The number of rotatable bonds is 4. The van der Waals surface area contributed by atoms with Crippen molar-refractivity contribution in [2.45, 2.75) is 6.92 Å². The summed E-state index contributed by atoms with van der Waals surface area (Å²) in [6, 6.07) is 6.93. The highest BCUT2D eigenvalue weighted by molar-refractivity contribution is 9.10. The van der Waals surface area contributed by atoms with Gasteiger partial charge >= 0.3 is 5.97 Å². The van der Waals surface area contributed by atoms with Crippen molar-refractivity contribution in [1.29, 1.82) is 0 Å². The van der Waals surface area contributed by atoms with E-state index in [1.165, 1.54) is 6.08 Å². The molecule has 0 fully saturated rings. The van der Waals surface area contributed by atoms with E-state index in [9.17, 15) is 13.2 Å². The van der Waals surface area contributed by atoms with Gasteiger partial charge in [0.05, 0.1) is 6.61 Å². The fourth-order valence-corrected chi connectivity index (χ4v) is 2.21. The molecule has 1 aromatic rings. The van der Waals surface area contributed by atoms with Gasteiger partial charge in [0.25, 0.3) is 0 Å². The number of halogens is 1. The van der Waals surface area contributed by atoms with E-state index in [-0.39, 0.29) is 11.5 Å². The van der Waals surface area contributed by atoms with Gasteiger partial charge in [0, 0.05) is 10.7 Å². The van der Waals surface area contributed by atoms with E-state index < -0.39 is 15.8 Å². The first-order valence-electron chi connectivity index (χ1n) is 5.19. The zero-order chi connectivity index (χ0) is 13.8. The summed E-state index contributed by atoms with van der Waals surface area (Å²) in [7, 11) is -3.62. The SMILES string of the molecule is CCOC(=O)/C(=C\c1ccc(Br)cc1)S(C)(=O)=O. The molecular weight excluding hydrogens is 320 g/mol. The fourth-order valence-electron chi connectivity index (χ4n) is 1.23. The average Bonchev–Trinajstić information content (AvgIpc) is 2.26. The summed E-state index contributed by atoms with van der Waals surface area (Å²) in [6.45, 7) is 1.75. The highest BCUT2D eigenvalue weighted by Gasteiger charge is 2.21. The Morgan fingerprint density at radius 2 is 1.89 bits per heavy atom. The van der Waals surface area contributed by atoms with Crippen LogP contribution in [0.5, 0.6) is 0 Å². The van der Waals surface area contributed by atoms with E-state index in [4.69, 9.17) is 4.74 Å². The molecule has 0 saturated carbocycles. The van der Waals surface area contributed by atoms with Crippen LogP contribution in [0.15, 0.2) is 33.6 Å². The number of carbonyl (C=O) groups is 1. The first-order chi connectivity index (χ1) is 8.34. The minimum atomic E-state index is -3.62. The summed E-state index contributed by atoms with van der Waals surface area (Å²) in [5.74, 6) is -0.831. The number of esters is 1. The van der Waals surface area contributed by atoms with Gasteiger partial charge in [-0.05, 0) is 30.7 Å². The molecule has 0 atom stereocenters. The molecule has 0 N–H and O–H groups in total. The quantitative estimate of drug-likeness (QED) is 0.627. The van der Waals surface area contributed by atoms with Crippen molar-refractivity contribution in [2.75, 3.05) is 12.9 Å². The Bertz CT molecular complexity index is 558. The van der Waals surface area contributed by atoms with E-state index in [0.29, 0.717) is 5.56 Å². The van der Waals surface area contributed by atoms with Gasteiger partial charge < -0.3 is 4.74 Å². The molecule has 0 unspecified atom stereocenters. The Kier molecular flexibility index (Phi) is 5.10. The van der Waals surface area contributed by atoms with Crippen molar-refractivity contribution in [3.05, 3.63) is 39.2 Å². The van der Waals surface area contributed by atoms with Crippen LogP contribution < -0.4 is 0 Å². The Morgan fingerprint density at radius 3 is 2.33 bits per heavy atom. The lowest BCUT2D eigenvalue weighted by Crippen LogP contribution is -2.15. The predicted molar refractivity (Wildman–Crippen MR) is 73.6 cm³/mol. The van der Waals surface area contributed by atoms with Crippen LogP contribution in [-0.4, -0.2) is 27.2 Å². The molecular formula is C12H13BrO4S. The molecule has 0 radical (unpaired) electrons. The highest BCUT2D eigenvalue weighted by Crippen LogP contribution is 2.16. The van der Waals surface area contributed by atoms with Crippen LogP contribution in [0.3, 0.4) is 0 Å². The second-order valence-electron chi connectivity index (χ2n) is 3.55. The fraction of sp³-hybridized carbons (Fsp3) is 0.250. The van der Waals surface area contributed by atoms with Crippen molar-refractivity contribution in [3.63, 3.8) is 0 Å². The maximum Gasteiger partial charge on any atom is 0.349 e. The van der Waals surface area contributed by atoms with Gasteiger partial charge in [-0.1, -0.05) is 28.1 Å². The van der Waals surface area contributed by atoms with Crippen LogP contribution in [-0.2, 0) is 19.4 Å². The van der Waals surface area contributed by atoms with Crippen LogP contribution in [0.1, 0.15) is 12.5 Å². The zero-order valence-electron chi connectivity index (χ0n) is 10.0. The number of carbonyl (C=O) groups excluding carboxylic acids is 1. The first kappa shape index (κ1) is 14.9. The second-order valence-corrected chi connectivity index (χ2v) is 6.45. The van der Waals surface area contributed by atoms with E-state index in [1.807, 2.05) is 0 Å². The Labute approximate surface area is 115 Å². The van der Waals surface area contributed by atoms with E-state index >= 15 is 0 Å². The predicted octanol–water partition coefficient (Wildman–Crippen LogP) is 2.40. The van der Waals surface area contributed by atoms with Gasteiger partial charge in [-0.3, -0.25) is 0 Å². The molecule has 0 amide bonds. The molecule has 0 aromatic heterocycles. The van der Waals surface area contributed by atoms with Gasteiger partial charge in [-0.25, -0.2) is 13.2 Å². The Morgan fingerprint density at radius 1 is 1.33 bits per heavy atom. The van der Waals surface area contributed by atoms with Crippen LogP contribution in [0.2, 0.25) is 0 Å². The first-order valence-corrected chi connectivity index (χ1v) is 7.87. The highest BCUT2D eigenvalue weighted by atomic mass is 79.9. The summed E-state index contributed by atoms with van der Waals surface area (Å²) in [6.07, 6.45) is 2.29. The maximum absolute atomic E-state index is 11.6. The van der Waals surface area contributed by atoms with E-state index in [0.717, 1.165) is 10.7 Å². The summed E-state index contributed by atoms with van der Waals surface area (Å²) in [4.78, 5) is 11.2. The van der Waals surface area contributed by atoms with Gasteiger partial charge in [0.2, 0.25) is 0 Å². The molecule has 0 spiro atoms. The monoisotopic (exact) mass is 332 g/mol. The molecule has 98 valence electrons. The standard InChI is InChI=1S/C12H13BrO4S/c1-3-17-12(14)11(18(2,15)16)8-9-4-6-10(13)7-5-9/h4-8H,3H2,1-2H3/b11-8+. The van der Waals surface area contributed by atoms with Gasteiger partial charge in [0.15, 0.2) is 14.7 Å². The van der Waals surface area contributed by atoms with Crippen molar-refractivity contribution < 1.29 is 17.9 Å². The second kappa shape index (κ2) is 6.15. The zero-order valence-corrected chi connectivity index (χ0v) is 12.4. The Hall–Kier alpha value is -1.14. The molecule has 0 bridgehead atoms. The molecule has 6 heteroatoms. The van der Waals surface area contributed by atoms with E-state index in [1.54, 1.807) is 31.2 Å². The molecule has 0 aliphatic carbocycles. The lowest BCUT2D eigenvalue weighted by molar-refractivity contribution is -0.137. The molecule has 18 heavy (non-hydrogen) atoms. The molecule has 0 saturated heterocycles. The molecule has 1 aromatic carbocycles. The summed E-state index contributed by atoms with van der Waals surface area (Å²) >= 11 is 3.27. The minimum absolute atomic E-state index is 0.131. The number of benzene rings is 1. The number of ether oxygens (including phenoxy) is 1. The van der Waals surface area contributed by atoms with Crippen molar-refractivity contribution >= 4 is 37.8 Å². The maximum atomic E-state index is 11.6. The summed E-state index contributed by atoms with van der Waals surface area (Å²) in [5, 5.41) is 0. The third-order valence-corrected chi connectivity index (χ3v) is 3.66. The average molecular weight is 333 g/mol. The topological polar surface area (TPSA) is 60.4 Å². The molecule has 0 aliphatic heterocycles. The third kappa shape index (κ3) is 4.27.